The Morgan fingerprint density at radius 2 is 1.96 bits per heavy atom. The lowest BCUT2D eigenvalue weighted by molar-refractivity contribution is -0.117. The van der Waals surface area contributed by atoms with E-state index in [0.29, 0.717) is 24.3 Å². The van der Waals surface area contributed by atoms with Crippen molar-refractivity contribution < 1.29 is 17.6 Å². The number of nitrogens with zero attached hydrogens (tertiary/aromatic N) is 1. The molecule has 4 rings (SSSR count). The number of benzene rings is 2. The second-order valence-corrected chi connectivity index (χ2v) is 8.41. The Morgan fingerprint density at radius 3 is 2.67 bits per heavy atom. The summed E-state index contributed by atoms with van der Waals surface area (Å²) < 4.78 is 33.7. The minimum Gasteiger partial charge on any atom is -0.460 e. The normalized spacial score (nSPS) is 15.0. The van der Waals surface area contributed by atoms with E-state index < -0.39 is 10.0 Å². The highest BCUT2D eigenvalue weighted by molar-refractivity contribution is 7.89. The second kappa shape index (κ2) is 6.83. The quantitative estimate of drug-likeness (QED) is 0.732. The van der Waals surface area contributed by atoms with E-state index in [0.717, 1.165) is 23.1 Å². The molecule has 6 nitrogen and oxygen atoms in total. The van der Waals surface area contributed by atoms with Gasteiger partial charge in [0, 0.05) is 24.0 Å². The predicted octanol–water partition coefficient (Wildman–Crippen LogP) is 3.35. The van der Waals surface area contributed by atoms with Crippen LogP contribution in [0, 0.1) is 6.92 Å². The number of hydrogen-bond acceptors (Lipinski definition) is 4. The topological polar surface area (TPSA) is 79.6 Å². The first-order valence-corrected chi connectivity index (χ1v) is 10.3. The van der Waals surface area contributed by atoms with E-state index in [4.69, 9.17) is 4.42 Å². The number of aryl methyl sites for hydroxylation is 1. The zero-order valence-corrected chi connectivity index (χ0v) is 15.8. The van der Waals surface area contributed by atoms with Gasteiger partial charge in [-0.25, -0.2) is 13.1 Å². The van der Waals surface area contributed by atoms with E-state index in [1.165, 1.54) is 0 Å². The molecule has 1 N–H and O–H groups in total. The molecule has 27 heavy (non-hydrogen) atoms. The van der Waals surface area contributed by atoms with Crippen LogP contribution < -0.4 is 9.62 Å². The zero-order valence-electron chi connectivity index (χ0n) is 14.9. The molecule has 0 aliphatic carbocycles. The van der Waals surface area contributed by atoms with Gasteiger partial charge in [0.1, 0.15) is 11.3 Å². The van der Waals surface area contributed by atoms with E-state index in [-0.39, 0.29) is 17.3 Å². The van der Waals surface area contributed by atoms with Gasteiger partial charge in [0.2, 0.25) is 15.9 Å². The molecule has 1 aliphatic rings. The van der Waals surface area contributed by atoms with Gasteiger partial charge in [-0.15, -0.1) is 0 Å². The summed E-state index contributed by atoms with van der Waals surface area (Å²) in [5.41, 5.74) is 2.07. The van der Waals surface area contributed by atoms with Gasteiger partial charge in [-0.05, 0) is 49.2 Å². The molecule has 1 amide bonds. The van der Waals surface area contributed by atoms with Gasteiger partial charge >= 0.3 is 0 Å². The van der Waals surface area contributed by atoms with Crippen LogP contribution in [-0.4, -0.2) is 20.9 Å². The maximum absolute atomic E-state index is 12.7. The molecule has 1 aliphatic heterocycles. The van der Waals surface area contributed by atoms with Crippen LogP contribution in [0.15, 0.2) is 57.8 Å². The summed E-state index contributed by atoms with van der Waals surface area (Å²) >= 11 is 0. The van der Waals surface area contributed by atoms with Crippen LogP contribution in [0.2, 0.25) is 0 Å². The third-order valence-electron chi connectivity index (χ3n) is 4.75. The third kappa shape index (κ3) is 3.48. The van der Waals surface area contributed by atoms with Gasteiger partial charge in [0.15, 0.2) is 0 Å². The van der Waals surface area contributed by atoms with Gasteiger partial charge < -0.3 is 9.32 Å². The van der Waals surface area contributed by atoms with Crippen molar-refractivity contribution in [2.75, 3.05) is 11.4 Å². The molecule has 1 aromatic heterocycles. The number of nitrogens with one attached hydrogen (secondary N) is 1. The fraction of sp³-hybridized carbons (Fsp3) is 0.250. The highest BCUT2D eigenvalue weighted by Crippen LogP contribution is 2.26. The number of sulfonamides is 1. The summed E-state index contributed by atoms with van der Waals surface area (Å²) in [5, 5.41) is 0.933. The molecule has 3 aromatic rings. The Bertz CT molecular complexity index is 1080. The lowest BCUT2D eigenvalue weighted by Crippen LogP contribution is -2.25. The highest BCUT2D eigenvalue weighted by Gasteiger charge is 2.24. The minimum atomic E-state index is -3.69. The van der Waals surface area contributed by atoms with Crippen molar-refractivity contribution in [3.05, 3.63) is 59.9 Å². The van der Waals surface area contributed by atoms with Crippen LogP contribution in [-0.2, 0) is 21.4 Å². The summed E-state index contributed by atoms with van der Waals surface area (Å²) in [7, 11) is -3.69. The first-order chi connectivity index (χ1) is 12.9. The molecule has 0 bridgehead atoms. The molecule has 0 saturated carbocycles. The Kier molecular flexibility index (Phi) is 4.49. The maximum atomic E-state index is 12.7. The number of hydrogen-bond donors (Lipinski definition) is 1. The molecule has 0 atom stereocenters. The highest BCUT2D eigenvalue weighted by atomic mass is 32.2. The number of anilines is 1. The van der Waals surface area contributed by atoms with Crippen LogP contribution in [0.3, 0.4) is 0 Å². The zero-order chi connectivity index (χ0) is 19.0. The summed E-state index contributed by atoms with van der Waals surface area (Å²) in [5.74, 6) is 0.629. The Morgan fingerprint density at radius 1 is 1.15 bits per heavy atom. The fourth-order valence-corrected chi connectivity index (χ4v) is 4.61. The lowest BCUT2D eigenvalue weighted by Gasteiger charge is -2.17. The van der Waals surface area contributed by atoms with E-state index in [2.05, 4.69) is 4.72 Å². The van der Waals surface area contributed by atoms with E-state index in [9.17, 15) is 13.2 Å². The lowest BCUT2D eigenvalue weighted by atomic mass is 10.2. The largest absolute Gasteiger partial charge is 0.460 e. The number of fused-ring (bicyclic) bond motifs is 1. The monoisotopic (exact) mass is 384 g/mol. The SMILES string of the molecule is Cc1cc(N2CCCC2=O)ccc1S(=O)(=O)NCc1cc2ccccc2o1. The number of amides is 1. The average Bonchev–Trinajstić information content (AvgIpc) is 3.25. The summed E-state index contributed by atoms with van der Waals surface area (Å²) in [6, 6.07) is 14.3. The number of rotatable bonds is 5. The molecule has 140 valence electrons. The summed E-state index contributed by atoms with van der Waals surface area (Å²) in [4.78, 5) is 13.8. The minimum absolute atomic E-state index is 0.0722. The van der Waals surface area contributed by atoms with Crippen molar-refractivity contribution in [2.45, 2.75) is 31.2 Å². The van der Waals surface area contributed by atoms with E-state index >= 15 is 0 Å². The maximum Gasteiger partial charge on any atom is 0.241 e. The summed E-state index contributed by atoms with van der Waals surface area (Å²) in [6.07, 6.45) is 1.37. The molecular weight excluding hydrogens is 364 g/mol. The number of carbonyl (C=O) groups is 1. The van der Waals surface area contributed by atoms with Crippen molar-refractivity contribution in [1.82, 2.24) is 4.72 Å². The molecule has 0 radical (unpaired) electrons. The average molecular weight is 384 g/mol. The van der Waals surface area contributed by atoms with Gasteiger partial charge in [-0.3, -0.25) is 4.79 Å². The molecule has 2 heterocycles. The number of furan rings is 1. The van der Waals surface area contributed by atoms with Crippen LogP contribution in [0.1, 0.15) is 24.2 Å². The van der Waals surface area contributed by atoms with Gasteiger partial charge in [-0.2, -0.15) is 0 Å². The van der Waals surface area contributed by atoms with E-state index in [1.807, 2.05) is 30.3 Å². The first kappa shape index (κ1) is 17.8. The number of para-hydroxylation sites is 1. The fourth-order valence-electron chi connectivity index (χ4n) is 3.39. The van der Waals surface area contributed by atoms with Crippen LogP contribution in [0.5, 0.6) is 0 Å². The summed E-state index contributed by atoms with van der Waals surface area (Å²) in [6.45, 7) is 2.48. The second-order valence-electron chi connectivity index (χ2n) is 6.67. The van der Waals surface area contributed by atoms with Crippen molar-refractivity contribution >= 4 is 32.6 Å². The van der Waals surface area contributed by atoms with Crippen molar-refractivity contribution in [1.29, 1.82) is 0 Å². The molecule has 2 aromatic carbocycles. The number of carbonyl (C=O) groups excluding carboxylic acids is 1. The molecule has 0 spiro atoms. The Labute approximate surface area is 157 Å². The van der Waals surface area contributed by atoms with Gasteiger partial charge in [0.05, 0.1) is 11.4 Å². The van der Waals surface area contributed by atoms with Crippen molar-refractivity contribution in [3.8, 4) is 0 Å². The van der Waals surface area contributed by atoms with Gasteiger partial charge in [-0.1, -0.05) is 18.2 Å². The molecule has 1 saturated heterocycles. The van der Waals surface area contributed by atoms with E-state index in [1.54, 1.807) is 30.0 Å². The van der Waals surface area contributed by atoms with Crippen molar-refractivity contribution in [2.24, 2.45) is 0 Å². The van der Waals surface area contributed by atoms with Crippen LogP contribution >= 0.6 is 0 Å². The third-order valence-corrected chi connectivity index (χ3v) is 6.31. The predicted molar refractivity (Wildman–Crippen MR) is 103 cm³/mol. The molecule has 7 heteroatoms. The molecular formula is C20H20N2O4S. The Balaban J connectivity index is 1.53. The smallest absolute Gasteiger partial charge is 0.241 e. The van der Waals surface area contributed by atoms with Gasteiger partial charge in [0.25, 0.3) is 0 Å². The van der Waals surface area contributed by atoms with Crippen LogP contribution in [0.4, 0.5) is 5.69 Å². The molecule has 0 unspecified atom stereocenters. The van der Waals surface area contributed by atoms with Crippen molar-refractivity contribution in [3.63, 3.8) is 0 Å². The standard InChI is InChI=1S/C20H20N2O4S/c1-14-11-16(22-10-4-7-20(22)23)8-9-19(14)27(24,25)21-13-17-12-15-5-2-3-6-18(15)26-17/h2-3,5-6,8-9,11-12,21H,4,7,10,13H2,1H3. The molecule has 1 fully saturated rings. The first-order valence-electron chi connectivity index (χ1n) is 8.82. The van der Waals surface area contributed by atoms with Crippen LogP contribution in [0.25, 0.3) is 11.0 Å². The Hall–Kier alpha value is -2.64.